The first-order valence-electron chi connectivity index (χ1n) is 8.47. The van der Waals surface area contributed by atoms with Crippen LogP contribution in [0.4, 0.5) is 15.9 Å². The number of para-hydroxylation sites is 1. The Kier molecular flexibility index (Phi) is 3.92. The van der Waals surface area contributed by atoms with Crippen molar-refractivity contribution in [2.24, 2.45) is 0 Å². The molecule has 0 radical (unpaired) electrons. The van der Waals surface area contributed by atoms with Crippen LogP contribution in [0, 0.1) is 26.6 Å². The van der Waals surface area contributed by atoms with Crippen LogP contribution in [0.5, 0.6) is 0 Å². The first kappa shape index (κ1) is 16.3. The molecule has 2 aromatic carbocycles. The summed E-state index contributed by atoms with van der Waals surface area (Å²) in [4.78, 5) is 8.94. The van der Waals surface area contributed by atoms with Crippen LogP contribution < -0.4 is 5.32 Å². The molecule has 0 aliphatic rings. The standard InChI is InChI=1S/C21H19FN4/c1-13-7-4-5-10-18(13)25-20-19-14(2)15(3)26(21(19)24-12-23-20)17-9-6-8-16(22)11-17/h4-12H,1-3H3,(H,23,24,25). The second-order valence-corrected chi connectivity index (χ2v) is 6.39. The number of nitrogens with zero attached hydrogens (tertiary/aromatic N) is 3. The average Bonchev–Trinajstić information content (AvgIpc) is 2.89. The maximum Gasteiger partial charge on any atom is 0.150 e. The zero-order valence-electron chi connectivity index (χ0n) is 14.9. The van der Waals surface area contributed by atoms with Crippen LogP contribution in [-0.4, -0.2) is 14.5 Å². The fraction of sp³-hybridized carbons (Fsp3) is 0.143. The van der Waals surface area contributed by atoms with Crippen LogP contribution in [0.3, 0.4) is 0 Å². The van der Waals surface area contributed by atoms with E-state index in [1.165, 1.54) is 18.5 Å². The van der Waals surface area contributed by atoms with Gasteiger partial charge < -0.3 is 5.32 Å². The Morgan fingerprint density at radius 2 is 1.77 bits per heavy atom. The van der Waals surface area contributed by atoms with Gasteiger partial charge in [0.15, 0.2) is 5.65 Å². The van der Waals surface area contributed by atoms with Crippen molar-refractivity contribution in [1.82, 2.24) is 14.5 Å². The summed E-state index contributed by atoms with van der Waals surface area (Å²) >= 11 is 0. The molecule has 0 saturated heterocycles. The lowest BCUT2D eigenvalue weighted by atomic mass is 10.2. The topological polar surface area (TPSA) is 42.7 Å². The van der Waals surface area contributed by atoms with E-state index in [4.69, 9.17) is 0 Å². The highest BCUT2D eigenvalue weighted by molar-refractivity contribution is 5.94. The average molecular weight is 346 g/mol. The molecule has 0 amide bonds. The van der Waals surface area contributed by atoms with Gasteiger partial charge in [-0.05, 0) is 56.2 Å². The van der Waals surface area contributed by atoms with Gasteiger partial charge in [0.1, 0.15) is 18.0 Å². The minimum Gasteiger partial charge on any atom is -0.339 e. The first-order chi connectivity index (χ1) is 12.6. The number of nitrogens with one attached hydrogen (secondary N) is 1. The largest absolute Gasteiger partial charge is 0.339 e. The van der Waals surface area contributed by atoms with Gasteiger partial charge in [-0.1, -0.05) is 24.3 Å². The molecule has 4 aromatic rings. The molecule has 0 aliphatic heterocycles. The van der Waals surface area contributed by atoms with Crippen LogP contribution >= 0.6 is 0 Å². The number of anilines is 2. The molecule has 0 fully saturated rings. The zero-order chi connectivity index (χ0) is 18.3. The Morgan fingerprint density at radius 3 is 2.54 bits per heavy atom. The predicted molar refractivity (Wildman–Crippen MR) is 103 cm³/mol. The van der Waals surface area contributed by atoms with Crippen molar-refractivity contribution in [1.29, 1.82) is 0 Å². The maximum atomic E-state index is 13.7. The van der Waals surface area contributed by atoms with Crippen molar-refractivity contribution >= 4 is 22.5 Å². The summed E-state index contributed by atoms with van der Waals surface area (Å²) in [5, 5.41) is 4.36. The Labute approximate surface area is 151 Å². The van der Waals surface area contributed by atoms with Gasteiger partial charge in [0.25, 0.3) is 0 Å². The van der Waals surface area contributed by atoms with Gasteiger partial charge in [-0.2, -0.15) is 0 Å². The number of fused-ring (bicyclic) bond motifs is 1. The number of halogens is 1. The lowest BCUT2D eigenvalue weighted by Crippen LogP contribution is -2.00. The van der Waals surface area contributed by atoms with E-state index in [2.05, 4.69) is 28.3 Å². The Morgan fingerprint density at radius 1 is 0.962 bits per heavy atom. The van der Waals surface area contributed by atoms with E-state index in [-0.39, 0.29) is 5.82 Å². The number of aryl methyl sites for hydroxylation is 2. The molecule has 130 valence electrons. The predicted octanol–water partition coefficient (Wildman–Crippen LogP) is 5.23. The van der Waals surface area contributed by atoms with Crippen LogP contribution in [0.15, 0.2) is 54.9 Å². The molecule has 0 bridgehead atoms. The highest BCUT2D eigenvalue weighted by Gasteiger charge is 2.18. The van der Waals surface area contributed by atoms with E-state index in [0.29, 0.717) is 0 Å². The fourth-order valence-electron chi connectivity index (χ4n) is 3.27. The summed E-state index contributed by atoms with van der Waals surface area (Å²) in [6, 6.07) is 14.6. The van der Waals surface area contributed by atoms with Crippen LogP contribution in [-0.2, 0) is 0 Å². The van der Waals surface area contributed by atoms with Gasteiger partial charge in [0, 0.05) is 11.4 Å². The van der Waals surface area contributed by atoms with Crippen molar-refractivity contribution in [3.05, 3.63) is 77.5 Å². The highest BCUT2D eigenvalue weighted by Crippen LogP contribution is 2.33. The van der Waals surface area contributed by atoms with Gasteiger partial charge >= 0.3 is 0 Å². The van der Waals surface area contributed by atoms with Gasteiger partial charge in [0.05, 0.1) is 11.1 Å². The number of hydrogen-bond donors (Lipinski definition) is 1. The minimum atomic E-state index is -0.270. The minimum absolute atomic E-state index is 0.270. The number of hydrogen-bond acceptors (Lipinski definition) is 3. The summed E-state index contributed by atoms with van der Waals surface area (Å²) in [5.74, 6) is 0.480. The van der Waals surface area contributed by atoms with Crippen LogP contribution in [0.1, 0.15) is 16.8 Å². The van der Waals surface area contributed by atoms with Crippen molar-refractivity contribution in [3.63, 3.8) is 0 Å². The first-order valence-corrected chi connectivity index (χ1v) is 8.47. The smallest absolute Gasteiger partial charge is 0.150 e. The molecule has 0 aliphatic carbocycles. The molecular weight excluding hydrogens is 327 g/mol. The normalized spacial score (nSPS) is 11.1. The molecule has 2 heterocycles. The molecule has 2 aromatic heterocycles. The SMILES string of the molecule is Cc1ccccc1Nc1ncnc2c1c(C)c(C)n2-c1cccc(F)c1. The quantitative estimate of drug-likeness (QED) is 0.552. The molecule has 5 heteroatoms. The summed E-state index contributed by atoms with van der Waals surface area (Å²) in [7, 11) is 0. The zero-order valence-corrected chi connectivity index (χ0v) is 14.9. The van der Waals surface area contributed by atoms with E-state index >= 15 is 0 Å². The number of rotatable bonds is 3. The van der Waals surface area contributed by atoms with Crippen molar-refractivity contribution < 1.29 is 4.39 Å². The van der Waals surface area contributed by atoms with Crippen molar-refractivity contribution in [2.45, 2.75) is 20.8 Å². The lowest BCUT2D eigenvalue weighted by molar-refractivity contribution is 0.626. The van der Waals surface area contributed by atoms with E-state index < -0.39 is 0 Å². The second-order valence-electron chi connectivity index (χ2n) is 6.39. The third kappa shape index (κ3) is 2.62. The Hall–Kier alpha value is -3.21. The molecule has 1 N–H and O–H groups in total. The summed E-state index contributed by atoms with van der Waals surface area (Å²) < 4.78 is 15.7. The van der Waals surface area contributed by atoms with Crippen LogP contribution in [0.2, 0.25) is 0 Å². The van der Waals surface area contributed by atoms with E-state index in [9.17, 15) is 4.39 Å². The molecule has 0 unspecified atom stereocenters. The third-order valence-corrected chi connectivity index (χ3v) is 4.76. The number of benzene rings is 2. The highest BCUT2D eigenvalue weighted by atomic mass is 19.1. The van der Waals surface area contributed by atoms with Gasteiger partial charge in [-0.15, -0.1) is 0 Å². The van der Waals surface area contributed by atoms with Gasteiger partial charge in [0.2, 0.25) is 0 Å². The summed E-state index contributed by atoms with van der Waals surface area (Å²) in [6.07, 6.45) is 1.54. The summed E-state index contributed by atoms with van der Waals surface area (Å²) in [6.45, 7) is 6.11. The van der Waals surface area contributed by atoms with Crippen LogP contribution in [0.25, 0.3) is 16.7 Å². The second kappa shape index (κ2) is 6.26. The molecule has 0 saturated carbocycles. The van der Waals surface area contributed by atoms with Gasteiger partial charge in [-0.25, -0.2) is 14.4 Å². The molecule has 0 spiro atoms. The lowest BCUT2D eigenvalue weighted by Gasteiger charge is -2.10. The molecular formula is C21H19FN4. The van der Waals surface area contributed by atoms with E-state index in [0.717, 1.165) is 45.0 Å². The van der Waals surface area contributed by atoms with Crippen molar-refractivity contribution in [3.8, 4) is 5.69 Å². The molecule has 0 atom stereocenters. The molecule has 26 heavy (non-hydrogen) atoms. The fourth-order valence-corrected chi connectivity index (χ4v) is 3.27. The summed E-state index contributed by atoms with van der Waals surface area (Å²) in [5.41, 5.74) is 5.74. The maximum absolute atomic E-state index is 13.7. The Balaban J connectivity index is 1.93. The molecule has 4 nitrogen and oxygen atoms in total. The van der Waals surface area contributed by atoms with E-state index in [1.54, 1.807) is 6.07 Å². The molecule has 4 rings (SSSR count). The Bertz CT molecular complexity index is 1110. The number of aromatic nitrogens is 3. The van der Waals surface area contributed by atoms with E-state index in [1.807, 2.05) is 42.7 Å². The monoisotopic (exact) mass is 346 g/mol. The van der Waals surface area contributed by atoms with Crippen molar-refractivity contribution in [2.75, 3.05) is 5.32 Å². The van der Waals surface area contributed by atoms with Gasteiger partial charge in [-0.3, -0.25) is 4.57 Å². The third-order valence-electron chi connectivity index (χ3n) is 4.76.